The van der Waals surface area contributed by atoms with Crippen molar-refractivity contribution in [3.05, 3.63) is 46.2 Å². The van der Waals surface area contributed by atoms with Gasteiger partial charge in [-0.2, -0.15) is 0 Å². The number of thiazole rings is 1. The Bertz CT molecular complexity index is 919. The molecule has 3 aromatic rings. The van der Waals surface area contributed by atoms with E-state index in [0.717, 1.165) is 0 Å². The van der Waals surface area contributed by atoms with E-state index in [1.165, 1.54) is 31.9 Å². The van der Waals surface area contributed by atoms with Crippen LogP contribution in [0, 0.1) is 10.1 Å². The predicted octanol–water partition coefficient (Wildman–Crippen LogP) is 3.35. The van der Waals surface area contributed by atoms with Gasteiger partial charge in [-0.25, -0.2) is 15.0 Å². The molecule has 11 heteroatoms. The summed E-state index contributed by atoms with van der Waals surface area (Å²) in [6.45, 7) is 0. The fraction of sp³-hybridized carbons (Fsp3) is 0.133. The highest BCUT2D eigenvalue weighted by Gasteiger charge is 2.24. The Morgan fingerprint density at radius 2 is 1.88 bits per heavy atom. The number of ether oxygens (including phenoxy) is 2. The fourth-order valence-corrected chi connectivity index (χ4v) is 2.69. The second-order valence-corrected chi connectivity index (χ2v) is 5.72. The molecule has 0 aliphatic heterocycles. The summed E-state index contributed by atoms with van der Waals surface area (Å²) in [6, 6.07) is 5.05. The van der Waals surface area contributed by atoms with Gasteiger partial charge in [0.05, 0.1) is 24.8 Å². The standard InChI is InChI=1S/C15H14N6O4S/c1-24-9-3-4-11(25-2)10(7-9)19-13-12(21(22)23)14(18-8-17-13)20-15-16-5-6-26-15/h3-8H,1-2H3,(H2,16,17,18,19,20). The van der Waals surface area contributed by atoms with E-state index >= 15 is 0 Å². The predicted molar refractivity (Wildman–Crippen MR) is 96.9 cm³/mol. The second-order valence-electron chi connectivity index (χ2n) is 4.83. The normalized spacial score (nSPS) is 10.2. The molecule has 0 spiro atoms. The van der Waals surface area contributed by atoms with E-state index in [4.69, 9.17) is 9.47 Å². The monoisotopic (exact) mass is 374 g/mol. The van der Waals surface area contributed by atoms with Gasteiger partial charge in [0.25, 0.3) is 0 Å². The van der Waals surface area contributed by atoms with Crippen LogP contribution >= 0.6 is 11.3 Å². The Kier molecular flexibility index (Phi) is 5.08. The third kappa shape index (κ3) is 3.62. The summed E-state index contributed by atoms with van der Waals surface area (Å²) in [6.07, 6.45) is 2.80. The number of methoxy groups -OCH3 is 2. The highest BCUT2D eigenvalue weighted by Crippen LogP contribution is 2.37. The number of nitrogens with one attached hydrogen (secondary N) is 2. The smallest absolute Gasteiger partial charge is 0.353 e. The zero-order valence-electron chi connectivity index (χ0n) is 13.8. The summed E-state index contributed by atoms with van der Waals surface area (Å²) in [4.78, 5) is 23.0. The molecule has 2 aromatic heterocycles. The van der Waals surface area contributed by atoms with Crippen LogP contribution in [0.1, 0.15) is 0 Å². The molecule has 0 amide bonds. The van der Waals surface area contributed by atoms with Crippen LogP contribution in [0.25, 0.3) is 0 Å². The first-order valence-electron chi connectivity index (χ1n) is 7.27. The number of anilines is 4. The molecule has 3 rings (SSSR count). The highest BCUT2D eigenvalue weighted by molar-refractivity contribution is 7.13. The van der Waals surface area contributed by atoms with Crippen molar-refractivity contribution < 1.29 is 14.4 Å². The Balaban J connectivity index is 2.01. The van der Waals surface area contributed by atoms with Crippen molar-refractivity contribution in [2.45, 2.75) is 0 Å². The van der Waals surface area contributed by atoms with Gasteiger partial charge in [0, 0.05) is 17.6 Å². The topological polar surface area (TPSA) is 124 Å². The molecule has 0 bridgehead atoms. The molecule has 0 saturated carbocycles. The summed E-state index contributed by atoms with van der Waals surface area (Å²) >= 11 is 1.30. The quantitative estimate of drug-likeness (QED) is 0.473. The summed E-state index contributed by atoms with van der Waals surface area (Å²) in [5.74, 6) is 1.08. The number of aromatic nitrogens is 3. The summed E-state index contributed by atoms with van der Waals surface area (Å²) in [5, 5.41) is 19.6. The molecule has 26 heavy (non-hydrogen) atoms. The lowest BCUT2D eigenvalue weighted by atomic mass is 10.2. The largest absolute Gasteiger partial charge is 0.497 e. The van der Waals surface area contributed by atoms with Crippen LogP contribution in [0.5, 0.6) is 11.5 Å². The Morgan fingerprint density at radius 1 is 1.12 bits per heavy atom. The van der Waals surface area contributed by atoms with Crippen LogP contribution in [-0.2, 0) is 0 Å². The zero-order chi connectivity index (χ0) is 18.5. The van der Waals surface area contributed by atoms with Crippen LogP contribution in [0.4, 0.5) is 28.1 Å². The first kappa shape index (κ1) is 17.4. The molecular formula is C15H14N6O4S. The second kappa shape index (κ2) is 7.61. The molecule has 0 radical (unpaired) electrons. The average molecular weight is 374 g/mol. The SMILES string of the molecule is COc1ccc(OC)c(Nc2ncnc(Nc3nccs3)c2[N+](=O)[O-])c1. The molecule has 0 fully saturated rings. The number of nitrogens with zero attached hydrogens (tertiary/aromatic N) is 4. The van der Waals surface area contributed by atoms with Gasteiger partial charge in [0.15, 0.2) is 5.13 Å². The van der Waals surface area contributed by atoms with Crippen LogP contribution < -0.4 is 20.1 Å². The van der Waals surface area contributed by atoms with Crippen molar-refractivity contribution in [2.24, 2.45) is 0 Å². The molecule has 0 atom stereocenters. The maximum Gasteiger partial charge on any atom is 0.353 e. The number of nitro groups is 1. The van der Waals surface area contributed by atoms with Crippen LogP contribution in [0.15, 0.2) is 36.1 Å². The minimum absolute atomic E-state index is 0.00982. The molecule has 0 unspecified atom stereocenters. The number of rotatable bonds is 7. The van der Waals surface area contributed by atoms with E-state index in [1.54, 1.807) is 29.8 Å². The minimum atomic E-state index is -0.565. The summed E-state index contributed by atoms with van der Waals surface area (Å²) in [7, 11) is 3.02. The van der Waals surface area contributed by atoms with Gasteiger partial charge in [-0.1, -0.05) is 0 Å². The van der Waals surface area contributed by atoms with Crippen LogP contribution in [-0.4, -0.2) is 34.1 Å². The summed E-state index contributed by atoms with van der Waals surface area (Å²) in [5.41, 5.74) is 0.154. The molecule has 1 aromatic carbocycles. The molecule has 10 nitrogen and oxygen atoms in total. The van der Waals surface area contributed by atoms with Gasteiger partial charge in [-0.3, -0.25) is 10.1 Å². The van der Waals surface area contributed by atoms with Gasteiger partial charge >= 0.3 is 5.69 Å². The lowest BCUT2D eigenvalue weighted by Crippen LogP contribution is -2.06. The van der Waals surface area contributed by atoms with E-state index in [0.29, 0.717) is 22.3 Å². The lowest BCUT2D eigenvalue weighted by molar-refractivity contribution is -0.383. The van der Waals surface area contributed by atoms with Crippen LogP contribution in [0.2, 0.25) is 0 Å². The van der Waals surface area contributed by atoms with Crippen molar-refractivity contribution in [2.75, 3.05) is 24.9 Å². The van der Waals surface area contributed by atoms with E-state index in [1.807, 2.05) is 0 Å². The maximum atomic E-state index is 11.6. The fourth-order valence-electron chi connectivity index (χ4n) is 2.16. The maximum absolute atomic E-state index is 11.6. The van der Waals surface area contributed by atoms with E-state index in [2.05, 4.69) is 25.6 Å². The van der Waals surface area contributed by atoms with Gasteiger partial charge < -0.3 is 20.1 Å². The molecule has 0 aliphatic rings. The third-order valence-corrected chi connectivity index (χ3v) is 4.01. The van der Waals surface area contributed by atoms with Crippen LogP contribution in [0.3, 0.4) is 0 Å². The molecule has 2 heterocycles. The average Bonchev–Trinajstić information content (AvgIpc) is 3.14. The Morgan fingerprint density at radius 3 is 2.50 bits per heavy atom. The number of hydrogen-bond acceptors (Lipinski definition) is 10. The van der Waals surface area contributed by atoms with Gasteiger partial charge in [-0.15, -0.1) is 11.3 Å². The van der Waals surface area contributed by atoms with E-state index in [-0.39, 0.29) is 17.3 Å². The number of hydrogen-bond donors (Lipinski definition) is 2. The van der Waals surface area contributed by atoms with Gasteiger partial charge in [0.1, 0.15) is 17.8 Å². The number of benzene rings is 1. The van der Waals surface area contributed by atoms with E-state index < -0.39 is 4.92 Å². The Labute approximate surface area is 152 Å². The molecule has 0 aliphatic carbocycles. The van der Waals surface area contributed by atoms with E-state index in [9.17, 15) is 10.1 Å². The van der Waals surface area contributed by atoms with Crippen molar-refractivity contribution in [1.82, 2.24) is 15.0 Å². The minimum Gasteiger partial charge on any atom is -0.497 e. The first-order valence-corrected chi connectivity index (χ1v) is 8.15. The molecule has 2 N–H and O–H groups in total. The third-order valence-electron chi connectivity index (χ3n) is 3.32. The Hall–Kier alpha value is -3.47. The van der Waals surface area contributed by atoms with Crippen molar-refractivity contribution >= 4 is 39.5 Å². The highest BCUT2D eigenvalue weighted by atomic mass is 32.1. The van der Waals surface area contributed by atoms with Crippen molar-refractivity contribution in [3.63, 3.8) is 0 Å². The van der Waals surface area contributed by atoms with Gasteiger partial charge in [0.2, 0.25) is 11.6 Å². The van der Waals surface area contributed by atoms with Crippen molar-refractivity contribution in [3.8, 4) is 11.5 Å². The molecular weight excluding hydrogens is 360 g/mol. The summed E-state index contributed by atoms with van der Waals surface area (Å²) < 4.78 is 10.5. The zero-order valence-corrected chi connectivity index (χ0v) is 14.6. The molecule has 134 valence electrons. The lowest BCUT2D eigenvalue weighted by Gasteiger charge is -2.13. The first-order chi connectivity index (χ1) is 12.6. The van der Waals surface area contributed by atoms with Crippen molar-refractivity contribution in [1.29, 1.82) is 0 Å². The van der Waals surface area contributed by atoms with Gasteiger partial charge in [-0.05, 0) is 12.1 Å². The molecule has 0 saturated heterocycles.